The van der Waals surface area contributed by atoms with Gasteiger partial charge in [-0.3, -0.25) is 9.69 Å². The van der Waals surface area contributed by atoms with E-state index in [9.17, 15) is 9.59 Å². The Bertz CT molecular complexity index is 406. The first-order valence-electron chi connectivity index (χ1n) is 6.74. The lowest BCUT2D eigenvalue weighted by Gasteiger charge is -2.29. The van der Waals surface area contributed by atoms with E-state index in [1.54, 1.807) is 11.3 Å². The van der Waals surface area contributed by atoms with Crippen LogP contribution in [-0.2, 0) is 16.0 Å². The first-order chi connectivity index (χ1) is 9.28. The zero-order valence-corrected chi connectivity index (χ0v) is 11.8. The van der Waals surface area contributed by atoms with Gasteiger partial charge in [0.05, 0.1) is 6.54 Å². The molecule has 5 heteroatoms. The van der Waals surface area contributed by atoms with E-state index in [2.05, 4.69) is 16.3 Å². The molecular weight excluding hydrogens is 260 g/mol. The Balaban J connectivity index is 1.65. The standard InChI is InChI=1S/C14H20N2O2S/c17-11-12-3-1-7-16(9-12)10-14(18)15-6-5-13-4-2-8-19-13/h2,4,8,11-12H,1,3,5-7,9-10H2,(H,15,18). The summed E-state index contributed by atoms with van der Waals surface area (Å²) >= 11 is 1.71. The van der Waals surface area contributed by atoms with Gasteiger partial charge in [0, 0.05) is 23.9 Å². The molecule has 0 saturated carbocycles. The highest BCUT2D eigenvalue weighted by atomic mass is 32.1. The molecule has 1 unspecified atom stereocenters. The second-order valence-corrected chi connectivity index (χ2v) is 5.99. The summed E-state index contributed by atoms with van der Waals surface area (Å²) in [5.41, 5.74) is 0. The van der Waals surface area contributed by atoms with Crippen molar-refractivity contribution < 1.29 is 9.59 Å². The summed E-state index contributed by atoms with van der Waals surface area (Å²) in [5, 5.41) is 4.98. The Hall–Kier alpha value is -1.20. The van der Waals surface area contributed by atoms with Gasteiger partial charge in [0.15, 0.2) is 0 Å². The molecule has 104 valence electrons. The Morgan fingerprint density at radius 1 is 1.58 bits per heavy atom. The minimum atomic E-state index is 0.0584. The van der Waals surface area contributed by atoms with Crippen LogP contribution in [0.1, 0.15) is 17.7 Å². The van der Waals surface area contributed by atoms with Crippen LogP contribution >= 0.6 is 11.3 Å². The van der Waals surface area contributed by atoms with E-state index in [-0.39, 0.29) is 11.8 Å². The largest absolute Gasteiger partial charge is 0.355 e. The third-order valence-corrected chi connectivity index (χ3v) is 4.31. The summed E-state index contributed by atoms with van der Waals surface area (Å²) in [7, 11) is 0. The van der Waals surface area contributed by atoms with Crippen LogP contribution in [0.2, 0.25) is 0 Å². The van der Waals surface area contributed by atoms with Gasteiger partial charge >= 0.3 is 0 Å². The van der Waals surface area contributed by atoms with Crippen molar-refractivity contribution >= 4 is 23.5 Å². The number of rotatable bonds is 6. The molecule has 1 aromatic heterocycles. The number of hydrogen-bond donors (Lipinski definition) is 1. The van der Waals surface area contributed by atoms with Crippen molar-refractivity contribution in [2.45, 2.75) is 19.3 Å². The van der Waals surface area contributed by atoms with Crippen molar-refractivity contribution in [3.8, 4) is 0 Å². The van der Waals surface area contributed by atoms with E-state index in [0.717, 1.165) is 38.6 Å². The predicted octanol–water partition coefficient (Wildman–Crippen LogP) is 1.32. The number of thiophene rings is 1. The molecule has 2 rings (SSSR count). The third-order valence-electron chi connectivity index (χ3n) is 3.38. The summed E-state index contributed by atoms with van der Waals surface area (Å²) in [6, 6.07) is 4.10. The molecule has 0 spiro atoms. The molecule has 2 heterocycles. The van der Waals surface area contributed by atoms with Crippen molar-refractivity contribution in [2.24, 2.45) is 5.92 Å². The van der Waals surface area contributed by atoms with Crippen molar-refractivity contribution in [2.75, 3.05) is 26.2 Å². The van der Waals surface area contributed by atoms with Crippen LogP contribution in [0, 0.1) is 5.92 Å². The summed E-state index contributed by atoms with van der Waals surface area (Å²) in [5.74, 6) is 0.163. The van der Waals surface area contributed by atoms with Gasteiger partial charge in [0.25, 0.3) is 0 Å². The van der Waals surface area contributed by atoms with Crippen LogP contribution in [0.4, 0.5) is 0 Å². The van der Waals surface area contributed by atoms with Gasteiger partial charge in [0.2, 0.25) is 5.91 Å². The number of piperidine rings is 1. The van der Waals surface area contributed by atoms with Gasteiger partial charge in [-0.1, -0.05) is 6.07 Å². The Morgan fingerprint density at radius 3 is 3.21 bits per heavy atom. The summed E-state index contributed by atoms with van der Waals surface area (Å²) in [6.45, 7) is 2.74. The fraction of sp³-hybridized carbons (Fsp3) is 0.571. The third kappa shape index (κ3) is 4.76. The highest BCUT2D eigenvalue weighted by molar-refractivity contribution is 7.09. The topological polar surface area (TPSA) is 49.4 Å². The van der Waals surface area contributed by atoms with Crippen LogP contribution in [0.5, 0.6) is 0 Å². The maximum atomic E-state index is 11.8. The summed E-state index contributed by atoms with van der Waals surface area (Å²) in [4.78, 5) is 25.9. The van der Waals surface area contributed by atoms with E-state index < -0.39 is 0 Å². The van der Waals surface area contributed by atoms with E-state index >= 15 is 0 Å². The van der Waals surface area contributed by atoms with Gasteiger partial charge < -0.3 is 10.1 Å². The molecule has 1 amide bonds. The quantitative estimate of drug-likeness (QED) is 0.800. The van der Waals surface area contributed by atoms with Crippen molar-refractivity contribution in [1.29, 1.82) is 0 Å². The van der Waals surface area contributed by atoms with Gasteiger partial charge in [-0.25, -0.2) is 0 Å². The van der Waals surface area contributed by atoms with Crippen molar-refractivity contribution in [3.05, 3.63) is 22.4 Å². The highest BCUT2D eigenvalue weighted by Gasteiger charge is 2.20. The molecule has 1 aliphatic rings. The SMILES string of the molecule is O=CC1CCCN(CC(=O)NCCc2cccs2)C1. The van der Waals surface area contributed by atoms with E-state index in [0.29, 0.717) is 13.1 Å². The molecule has 1 aliphatic heterocycles. The molecule has 0 bridgehead atoms. The van der Waals surface area contributed by atoms with Crippen LogP contribution in [-0.4, -0.2) is 43.3 Å². The molecule has 0 radical (unpaired) electrons. The fourth-order valence-electron chi connectivity index (χ4n) is 2.38. The van der Waals surface area contributed by atoms with E-state index in [1.807, 2.05) is 11.4 Å². The monoisotopic (exact) mass is 280 g/mol. The van der Waals surface area contributed by atoms with E-state index in [4.69, 9.17) is 0 Å². The summed E-state index contributed by atoms with van der Waals surface area (Å²) in [6.07, 6.45) is 3.87. The Morgan fingerprint density at radius 2 is 2.47 bits per heavy atom. The number of nitrogens with zero attached hydrogens (tertiary/aromatic N) is 1. The zero-order chi connectivity index (χ0) is 13.5. The molecule has 1 aromatic rings. The highest BCUT2D eigenvalue weighted by Crippen LogP contribution is 2.13. The molecule has 0 aromatic carbocycles. The fourth-order valence-corrected chi connectivity index (χ4v) is 3.09. The molecule has 1 fully saturated rings. The van der Waals surface area contributed by atoms with Gasteiger partial charge in [-0.05, 0) is 37.3 Å². The maximum absolute atomic E-state index is 11.8. The molecular formula is C14H20N2O2S. The number of hydrogen-bond acceptors (Lipinski definition) is 4. The first-order valence-corrected chi connectivity index (χ1v) is 7.62. The Kier molecular flexibility index (Phi) is 5.54. The lowest BCUT2D eigenvalue weighted by atomic mass is 10.00. The average molecular weight is 280 g/mol. The molecule has 4 nitrogen and oxygen atoms in total. The normalized spacial score (nSPS) is 20.1. The smallest absolute Gasteiger partial charge is 0.234 e. The number of carbonyl (C=O) groups is 2. The molecule has 19 heavy (non-hydrogen) atoms. The van der Waals surface area contributed by atoms with Crippen LogP contribution < -0.4 is 5.32 Å². The van der Waals surface area contributed by atoms with Crippen LogP contribution in [0.15, 0.2) is 17.5 Å². The van der Waals surface area contributed by atoms with Gasteiger partial charge in [-0.2, -0.15) is 0 Å². The van der Waals surface area contributed by atoms with Gasteiger partial charge in [0.1, 0.15) is 6.29 Å². The Labute approximate surface area is 117 Å². The number of likely N-dealkylation sites (tertiary alicyclic amines) is 1. The number of carbonyl (C=O) groups excluding carboxylic acids is 2. The molecule has 0 aliphatic carbocycles. The number of amides is 1. The lowest BCUT2D eigenvalue weighted by molar-refractivity contribution is -0.123. The van der Waals surface area contributed by atoms with Crippen molar-refractivity contribution in [3.63, 3.8) is 0 Å². The lowest BCUT2D eigenvalue weighted by Crippen LogP contribution is -2.43. The number of aldehydes is 1. The molecule has 1 N–H and O–H groups in total. The second kappa shape index (κ2) is 7.40. The van der Waals surface area contributed by atoms with Gasteiger partial charge in [-0.15, -0.1) is 11.3 Å². The number of nitrogens with one attached hydrogen (secondary N) is 1. The predicted molar refractivity (Wildman–Crippen MR) is 76.3 cm³/mol. The van der Waals surface area contributed by atoms with Crippen LogP contribution in [0.25, 0.3) is 0 Å². The van der Waals surface area contributed by atoms with Crippen molar-refractivity contribution in [1.82, 2.24) is 10.2 Å². The maximum Gasteiger partial charge on any atom is 0.234 e. The van der Waals surface area contributed by atoms with E-state index in [1.165, 1.54) is 4.88 Å². The van der Waals surface area contributed by atoms with Crippen LogP contribution in [0.3, 0.4) is 0 Å². The molecule has 1 saturated heterocycles. The minimum absolute atomic E-state index is 0.0584. The average Bonchev–Trinajstić information content (AvgIpc) is 2.92. The summed E-state index contributed by atoms with van der Waals surface area (Å²) < 4.78 is 0. The minimum Gasteiger partial charge on any atom is -0.355 e. The molecule has 1 atom stereocenters. The zero-order valence-electron chi connectivity index (χ0n) is 11.0. The second-order valence-electron chi connectivity index (χ2n) is 4.95. The first kappa shape index (κ1) is 14.2.